The molecule has 0 spiro atoms. The van der Waals surface area contributed by atoms with Crippen LogP contribution in [0.5, 0.6) is 0 Å². The van der Waals surface area contributed by atoms with Crippen molar-refractivity contribution in [2.24, 2.45) is 5.14 Å². The summed E-state index contributed by atoms with van der Waals surface area (Å²) in [6, 6.07) is 11.9. The van der Waals surface area contributed by atoms with Crippen LogP contribution in [0, 0.1) is 6.92 Å². The van der Waals surface area contributed by atoms with Crippen molar-refractivity contribution in [1.29, 1.82) is 0 Å². The number of hydrogen-bond acceptors (Lipinski definition) is 3. The smallest absolute Gasteiger partial charge is 0.233 e. The van der Waals surface area contributed by atoms with Gasteiger partial charge >= 0.3 is 0 Å². The van der Waals surface area contributed by atoms with Gasteiger partial charge in [-0.25, -0.2) is 27.0 Å². The molecule has 3 rings (SSSR count). The lowest BCUT2D eigenvalue weighted by Gasteiger charge is -2.09. The SMILES string of the molecule is Cc1cc(-c2cc(C(F)F)nn2-c2ccc(S(N)(=O)=O)cc2)ccc1Cl. The molecule has 0 atom stereocenters. The van der Waals surface area contributed by atoms with E-state index in [9.17, 15) is 17.2 Å². The molecule has 0 aliphatic rings. The highest BCUT2D eigenvalue weighted by atomic mass is 35.5. The first kappa shape index (κ1) is 18.5. The number of aryl methyl sites for hydroxylation is 1. The summed E-state index contributed by atoms with van der Waals surface area (Å²) >= 11 is 6.03. The van der Waals surface area contributed by atoms with Gasteiger partial charge in [-0.15, -0.1) is 0 Å². The molecule has 1 heterocycles. The van der Waals surface area contributed by atoms with Gasteiger partial charge in [0.05, 0.1) is 16.3 Å². The van der Waals surface area contributed by atoms with Gasteiger partial charge in [0.1, 0.15) is 5.69 Å². The van der Waals surface area contributed by atoms with Crippen LogP contribution >= 0.6 is 11.6 Å². The number of halogens is 3. The van der Waals surface area contributed by atoms with Gasteiger partial charge in [0.2, 0.25) is 10.0 Å². The Labute approximate surface area is 154 Å². The number of nitrogens with two attached hydrogens (primary N) is 1. The molecule has 0 amide bonds. The Kier molecular flexibility index (Phi) is 4.83. The topological polar surface area (TPSA) is 78.0 Å². The maximum Gasteiger partial charge on any atom is 0.282 e. The molecule has 5 nitrogen and oxygen atoms in total. The molecule has 0 aliphatic heterocycles. The second-order valence-electron chi connectivity index (χ2n) is 5.67. The Morgan fingerprint density at radius 3 is 2.31 bits per heavy atom. The Morgan fingerprint density at radius 1 is 1.12 bits per heavy atom. The summed E-state index contributed by atoms with van der Waals surface area (Å²) in [5, 5.41) is 9.59. The fourth-order valence-corrected chi connectivity index (χ4v) is 3.12. The molecule has 26 heavy (non-hydrogen) atoms. The maximum absolute atomic E-state index is 13.2. The summed E-state index contributed by atoms with van der Waals surface area (Å²) in [6.07, 6.45) is -2.74. The Morgan fingerprint density at radius 2 is 1.77 bits per heavy atom. The molecule has 136 valence electrons. The first-order chi connectivity index (χ1) is 12.2. The molecule has 0 saturated heterocycles. The monoisotopic (exact) mass is 397 g/mol. The van der Waals surface area contributed by atoms with E-state index in [1.54, 1.807) is 18.2 Å². The Hall–Kier alpha value is -2.29. The van der Waals surface area contributed by atoms with E-state index in [0.717, 1.165) is 5.56 Å². The van der Waals surface area contributed by atoms with Crippen LogP contribution < -0.4 is 5.14 Å². The van der Waals surface area contributed by atoms with Gasteiger partial charge in [0.15, 0.2) is 0 Å². The minimum atomic E-state index is -3.85. The molecule has 9 heteroatoms. The largest absolute Gasteiger partial charge is 0.282 e. The van der Waals surface area contributed by atoms with Gasteiger partial charge in [-0.2, -0.15) is 5.10 Å². The molecule has 0 radical (unpaired) electrons. The fourth-order valence-electron chi connectivity index (χ4n) is 2.49. The van der Waals surface area contributed by atoms with Crippen molar-refractivity contribution in [1.82, 2.24) is 9.78 Å². The molecule has 0 bridgehead atoms. The van der Waals surface area contributed by atoms with Gasteiger partial charge in [0.25, 0.3) is 6.43 Å². The summed E-state index contributed by atoms with van der Waals surface area (Å²) in [5.41, 5.74) is 1.92. The summed E-state index contributed by atoms with van der Waals surface area (Å²) < 4.78 is 50.4. The number of aromatic nitrogens is 2. The summed E-state index contributed by atoms with van der Waals surface area (Å²) in [7, 11) is -3.85. The molecule has 2 N–H and O–H groups in total. The zero-order valence-electron chi connectivity index (χ0n) is 13.5. The second kappa shape index (κ2) is 6.79. The quantitative estimate of drug-likeness (QED) is 0.720. The summed E-state index contributed by atoms with van der Waals surface area (Å²) in [6.45, 7) is 1.81. The highest BCUT2D eigenvalue weighted by molar-refractivity contribution is 7.89. The molecular weight excluding hydrogens is 384 g/mol. The molecule has 0 saturated carbocycles. The molecule has 1 aromatic heterocycles. The number of alkyl halides is 2. The van der Waals surface area contributed by atoms with E-state index in [1.165, 1.54) is 35.0 Å². The molecular formula is C17H14ClF2N3O2S. The number of nitrogens with zero attached hydrogens (tertiary/aromatic N) is 2. The van der Waals surface area contributed by atoms with Crippen molar-refractivity contribution >= 4 is 21.6 Å². The third-order valence-electron chi connectivity index (χ3n) is 3.82. The molecule has 0 aliphatic carbocycles. The highest BCUT2D eigenvalue weighted by Gasteiger charge is 2.18. The number of hydrogen-bond donors (Lipinski definition) is 1. The van der Waals surface area contributed by atoms with E-state index >= 15 is 0 Å². The van der Waals surface area contributed by atoms with Crippen LogP contribution in [-0.4, -0.2) is 18.2 Å². The van der Waals surface area contributed by atoms with E-state index in [-0.39, 0.29) is 10.6 Å². The van der Waals surface area contributed by atoms with E-state index < -0.39 is 16.4 Å². The predicted octanol–water partition coefficient (Wildman–Crippen LogP) is 4.09. The van der Waals surface area contributed by atoms with Crippen molar-refractivity contribution in [2.45, 2.75) is 18.2 Å². The minimum Gasteiger partial charge on any atom is -0.233 e. The van der Waals surface area contributed by atoms with Gasteiger partial charge in [-0.05, 0) is 55.0 Å². The van der Waals surface area contributed by atoms with E-state index in [0.29, 0.717) is 22.0 Å². The molecule has 0 fully saturated rings. The van der Waals surface area contributed by atoms with Gasteiger partial charge in [-0.1, -0.05) is 17.7 Å². The van der Waals surface area contributed by atoms with Crippen LogP contribution in [-0.2, 0) is 10.0 Å². The minimum absolute atomic E-state index is 0.0774. The lowest BCUT2D eigenvalue weighted by molar-refractivity contribution is 0.145. The van der Waals surface area contributed by atoms with Crippen molar-refractivity contribution in [3.63, 3.8) is 0 Å². The maximum atomic E-state index is 13.2. The third-order valence-corrected chi connectivity index (χ3v) is 5.17. The third kappa shape index (κ3) is 3.62. The van der Waals surface area contributed by atoms with Crippen LogP contribution in [0.3, 0.4) is 0 Å². The predicted molar refractivity (Wildman–Crippen MR) is 95.1 cm³/mol. The Balaban J connectivity index is 2.15. The van der Waals surface area contributed by atoms with Crippen molar-refractivity contribution < 1.29 is 17.2 Å². The van der Waals surface area contributed by atoms with E-state index in [1.807, 2.05) is 6.92 Å². The first-order valence-corrected chi connectivity index (χ1v) is 9.37. The van der Waals surface area contributed by atoms with Crippen LogP contribution in [0.25, 0.3) is 16.9 Å². The van der Waals surface area contributed by atoms with Gasteiger partial charge < -0.3 is 0 Å². The van der Waals surface area contributed by atoms with Crippen molar-refractivity contribution in [3.8, 4) is 16.9 Å². The normalized spacial score (nSPS) is 11.9. The van der Waals surface area contributed by atoms with E-state index in [2.05, 4.69) is 5.10 Å². The zero-order chi connectivity index (χ0) is 19.1. The number of rotatable bonds is 4. The van der Waals surface area contributed by atoms with Gasteiger partial charge in [0, 0.05) is 10.6 Å². The molecule has 3 aromatic rings. The summed E-state index contributed by atoms with van der Waals surface area (Å²) in [4.78, 5) is -0.0774. The van der Waals surface area contributed by atoms with Crippen LogP contribution in [0.4, 0.5) is 8.78 Å². The van der Waals surface area contributed by atoms with Crippen LogP contribution in [0.2, 0.25) is 5.02 Å². The Bertz CT molecular complexity index is 1060. The number of sulfonamides is 1. The summed E-state index contributed by atoms with van der Waals surface area (Å²) in [5.74, 6) is 0. The van der Waals surface area contributed by atoms with Gasteiger partial charge in [-0.3, -0.25) is 0 Å². The van der Waals surface area contributed by atoms with Crippen molar-refractivity contribution in [3.05, 3.63) is 64.8 Å². The average molecular weight is 398 g/mol. The standard InChI is InChI=1S/C17H14ClF2N3O2S/c1-10-8-11(2-7-14(10)18)16-9-15(17(19)20)22-23(16)12-3-5-13(6-4-12)26(21,24)25/h2-9,17H,1H3,(H2,21,24,25). The lowest BCUT2D eigenvalue weighted by atomic mass is 10.1. The second-order valence-corrected chi connectivity index (χ2v) is 7.64. The fraction of sp³-hybridized carbons (Fsp3) is 0.118. The molecule has 0 unspecified atom stereocenters. The molecule has 2 aromatic carbocycles. The number of benzene rings is 2. The lowest BCUT2D eigenvalue weighted by Crippen LogP contribution is -2.12. The first-order valence-electron chi connectivity index (χ1n) is 7.44. The highest BCUT2D eigenvalue weighted by Crippen LogP contribution is 2.30. The van der Waals surface area contributed by atoms with Crippen LogP contribution in [0.15, 0.2) is 53.4 Å². The van der Waals surface area contributed by atoms with E-state index in [4.69, 9.17) is 16.7 Å². The average Bonchev–Trinajstić information content (AvgIpc) is 3.02. The zero-order valence-corrected chi connectivity index (χ0v) is 15.1. The van der Waals surface area contributed by atoms with Crippen LogP contribution in [0.1, 0.15) is 17.7 Å². The number of primary sulfonamides is 1. The van der Waals surface area contributed by atoms with Crippen molar-refractivity contribution in [2.75, 3.05) is 0 Å².